The van der Waals surface area contributed by atoms with Crippen molar-refractivity contribution in [3.8, 4) is 0 Å². The van der Waals surface area contributed by atoms with Crippen molar-refractivity contribution in [2.45, 2.75) is 25.8 Å². The van der Waals surface area contributed by atoms with E-state index in [0.29, 0.717) is 6.04 Å². The predicted octanol–water partition coefficient (Wildman–Crippen LogP) is 1.83. The van der Waals surface area contributed by atoms with E-state index in [1.54, 1.807) is 0 Å². The van der Waals surface area contributed by atoms with E-state index in [9.17, 15) is 0 Å². The van der Waals surface area contributed by atoms with Crippen LogP contribution >= 0.6 is 0 Å². The molecule has 0 radical (unpaired) electrons. The van der Waals surface area contributed by atoms with Crippen LogP contribution in [0.25, 0.3) is 0 Å². The highest BCUT2D eigenvalue weighted by Gasteiger charge is 2.17. The van der Waals surface area contributed by atoms with Gasteiger partial charge in [-0.15, -0.1) is 0 Å². The first-order valence-corrected chi connectivity index (χ1v) is 6.21. The summed E-state index contributed by atoms with van der Waals surface area (Å²) in [5, 5.41) is 3.64. The van der Waals surface area contributed by atoms with Crippen LogP contribution in [0.2, 0.25) is 0 Å². The highest BCUT2D eigenvalue weighted by atomic mass is 15.2. The standard InChI is InChI=1S/C14H22N2/c1-12-4-3-5-13(10-12)6-8-15-14-7-9-16(2)11-14/h3-5,10,14-15H,6-9,11H2,1-2H3. The van der Waals surface area contributed by atoms with E-state index >= 15 is 0 Å². The molecule has 0 amide bonds. The van der Waals surface area contributed by atoms with Gasteiger partial charge < -0.3 is 10.2 Å². The van der Waals surface area contributed by atoms with Crippen LogP contribution in [0.5, 0.6) is 0 Å². The molecule has 0 saturated carbocycles. The zero-order valence-electron chi connectivity index (χ0n) is 10.4. The Morgan fingerprint density at radius 2 is 2.31 bits per heavy atom. The second-order valence-electron chi connectivity index (χ2n) is 4.94. The normalized spacial score (nSPS) is 21.5. The van der Waals surface area contributed by atoms with E-state index in [1.807, 2.05) is 0 Å². The number of nitrogens with zero attached hydrogens (tertiary/aromatic N) is 1. The van der Waals surface area contributed by atoms with Crippen molar-refractivity contribution in [3.05, 3.63) is 35.4 Å². The Kier molecular flexibility index (Phi) is 3.97. The molecule has 2 nitrogen and oxygen atoms in total. The average Bonchev–Trinajstić information content (AvgIpc) is 2.64. The first-order chi connectivity index (χ1) is 7.74. The molecular weight excluding hydrogens is 196 g/mol. The van der Waals surface area contributed by atoms with E-state index in [0.717, 1.165) is 13.0 Å². The molecule has 1 aromatic carbocycles. The summed E-state index contributed by atoms with van der Waals surface area (Å²) in [6, 6.07) is 9.50. The number of rotatable bonds is 4. The second kappa shape index (κ2) is 5.46. The molecule has 88 valence electrons. The summed E-state index contributed by atoms with van der Waals surface area (Å²) in [6.07, 6.45) is 2.44. The van der Waals surface area contributed by atoms with Crippen LogP contribution in [0.1, 0.15) is 17.5 Å². The lowest BCUT2D eigenvalue weighted by atomic mass is 10.1. The van der Waals surface area contributed by atoms with Gasteiger partial charge in [0.05, 0.1) is 0 Å². The molecule has 1 fully saturated rings. The lowest BCUT2D eigenvalue weighted by Crippen LogP contribution is -2.32. The summed E-state index contributed by atoms with van der Waals surface area (Å²) in [5.74, 6) is 0. The van der Waals surface area contributed by atoms with Crippen LogP contribution in [-0.2, 0) is 6.42 Å². The summed E-state index contributed by atoms with van der Waals surface area (Å²) in [4.78, 5) is 2.39. The maximum absolute atomic E-state index is 3.64. The van der Waals surface area contributed by atoms with Gasteiger partial charge in [-0.3, -0.25) is 0 Å². The third-order valence-electron chi connectivity index (χ3n) is 3.32. The van der Waals surface area contributed by atoms with Gasteiger partial charge in [-0.1, -0.05) is 29.8 Å². The zero-order valence-corrected chi connectivity index (χ0v) is 10.4. The second-order valence-corrected chi connectivity index (χ2v) is 4.94. The van der Waals surface area contributed by atoms with Gasteiger partial charge in [-0.2, -0.15) is 0 Å². The topological polar surface area (TPSA) is 15.3 Å². The summed E-state index contributed by atoms with van der Waals surface area (Å²) in [7, 11) is 2.20. The number of likely N-dealkylation sites (tertiary alicyclic amines) is 1. The van der Waals surface area contributed by atoms with Crippen LogP contribution in [0.15, 0.2) is 24.3 Å². The quantitative estimate of drug-likeness (QED) is 0.829. The molecule has 16 heavy (non-hydrogen) atoms. The van der Waals surface area contributed by atoms with Gasteiger partial charge in [0, 0.05) is 12.6 Å². The van der Waals surface area contributed by atoms with E-state index < -0.39 is 0 Å². The van der Waals surface area contributed by atoms with Crippen molar-refractivity contribution < 1.29 is 0 Å². The minimum absolute atomic E-state index is 0.704. The highest BCUT2D eigenvalue weighted by molar-refractivity contribution is 5.22. The molecule has 0 aliphatic carbocycles. The largest absolute Gasteiger partial charge is 0.312 e. The third-order valence-corrected chi connectivity index (χ3v) is 3.32. The van der Waals surface area contributed by atoms with Crippen molar-refractivity contribution in [2.24, 2.45) is 0 Å². The maximum atomic E-state index is 3.64. The number of hydrogen-bond acceptors (Lipinski definition) is 2. The molecule has 1 atom stereocenters. The zero-order chi connectivity index (χ0) is 11.4. The molecular formula is C14H22N2. The fourth-order valence-corrected chi connectivity index (χ4v) is 2.39. The lowest BCUT2D eigenvalue weighted by molar-refractivity contribution is 0.398. The Labute approximate surface area is 98.7 Å². The molecule has 0 bridgehead atoms. The van der Waals surface area contributed by atoms with Gasteiger partial charge in [0.2, 0.25) is 0 Å². The first-order valence-electron chi connectivity index (χ1n) is 6.21. The van der Waals surface area contributed by atoms with Crippen molar-refractivity contribution in [3.63, 3.8) is 0 Å². The van der Waals surface area contributed by atoms with Gasteiger partial charge in [0.15, 0.2) is 0 Å². The number of hydrogen-bond donors (Lipinski definition) is 1. The van der Waals surface area contributed by atoms with E-state index in [-0.39, 0.29) is 0 Å². The smallest absolute Gasteiger partial charge is 0.0207 e. The maximum Gasteiger partial charge on any atom is 0.0207 e. The van der Waals surface area contributed by atoms with Crippen LogP contribution in [0.4, 0.5) is 0 Å². The number of nitrogens with one attached hydrogen (secondary N) is 1. The van der Waals surface area contributed by atoms with E-state index in [1.165, 1.54) is 30.6 Å². The Bertz CT molecular complexity index is 335. The monoisotopic (exact) mass is 218 g/mol. The van der Waals surface area contributed by atoms with Crippen molar-refractivity contribution in [2.75, 3.05) is 26.7 Å². The number of benzene rings is 1. The molecule has 1 unspecified atom stereocenters. The Morgan fingerprint density at radius 1 is 1.44 bits per heavy atom. The van der Waals surface area contributed by atoms with Gasteiger partial charge in [-0.25, -0.2) is 0 Å². The van der Waals surface area contributed by atoms with Crippen LogP contribution in [0, 0.1) is 6.92 Å². The SMILES string of the molecule is Cc1cccc(CCNC2CCN(C)C2)c1. The number of likely N-dealkylation sites (N-methyl/N-ethyl adjacent to an activating group) is 1. The fourth-order valence-electron chi connectivity index (χ4n) is 2.39. The molecule has 1 N–H and O–H groups in total. The minimum atomic E-state index is 0.704. The summed E-state index contributed by atoms with van der Waals surface area (Å²) >= 11 is 0. The van der Waals surface area contributed by atoms with Crippen LogP contribution in [0.3, 0.4) is 0 Å². The van der Waals surface area contributed by atoms with Crippen molar-refractivity contribution in [1.29, 1.82) is 0 Å². The fraction of sp³-hybridized carbons (Fsp3) is 0.571. The molecule has 1 aromatic rings. The predicted molar refractivity (Wildman–Crippen MR) is 68.8 cm³/mol. The van der Waals surface area contributed by atoms with Crippen molar-refractivity contribution >= 4 is 0 Å². The third kappa shape index (κ3) is 3.32. The molecule has 1 aliphatic heterocycles. The summed E-state index contributed by atoms with van der Waals surface area (Å²) in [5.41, 5.74) is 2.80. The molecule has 2 rings (SSSR count). The van der Waals surface area contributed by atoms with Crippen molar-refractivity contribution in [1.82, 2.24) is 10.2 Å². The number of aryl methyl sites for hydroxylation is 1. The van der Waals surface area contributed by atoms with E-state index in [2.05, 4.69) is 48.5 Å². The van der Waals surface area contributed by atoms with E-state index in [4.69, 9.17) is 0 Å². The minimum Gasteiger partial charge on any atom is -0.312 e. The molecule has 0 spiro atoms. The van der Waals surface area contributed by atoms with Gasteiger partial charge >= 0.3 is 0 Å². The van der Waals surface area contributed by atoms with Gasteiger partial charge in [-0.05, 0) is 45.5 Å². The van der Waals surface area contributed by atoms with Gasteiger partial charge in [0.25, 0.3) is 0 Å². The summed E-state index contributed by atoms with van der Waals surface area (Å²) in [6.45, 7) is 5.70. The average molecular weight is 218 g/mol. The first kappa shape index (κ1) is 11.6. The molecule has 1 heterocycles. The molecule has 0 aromatic heterocycles. The van der Waals surface area contributed by atoms with Crippen LogP contribution < -0.4 is 5.32 Å². The molecule has 1 aliphatic rings. The summed E-state index contributed by atoms with van der Waals surface area (Å²) < 4.78 is 0. The lowest BCUT2D eigenvalue weighted by Gasteiger charge is -2.12. The van der Waals surface area contributed by atoms with Crippen LogP contribution in [-0.4, -0.2) is 37.6 Å². The molecule has 2 heteroatoms. The molecule has 1 saturated heterocycles. The van der Waals surface area contributed by atoms with Gasteiger partial charge in [0.1, 0.15) is 0 Å². The Morgan fingerprint density at radius 3 is 3.00 bits per heavy atom. The Balaban J connectivity index is 1.72. The highest BCUT2D eigenvalue weighted by Crippen LogP contribution is 2.07. The Hall–Kier alpha value is -0.860.